The number of aryl methyl sites for hydroxylation is 1. The Labute approximate surface area is 123 Å². The standard InChI is InChI=1S/C12H17N5S.ClH/c1-16-4-3-15-12(16)11-7-13-2-5-17(11)8-10-6-14-9-18-10;/h3-4,6,9,11,13H,2,5,7-8H2,1H3;1H. The molecule has 3 heterocycles. The Morgan fingerprint density at radius 3 is 3.11 bits per heavy atom. The minimum Gasteiger partial charge on any atom is -0.337 e. The smallest absolute Gasteiger partial charge is 0.127 e. The fourth-order valence-corrected chi connectivity index (χ4v) is 3.03. The van der Waals surface area contributed by atoms with Crippen LogP contribution in [-0.2, 0) is 13.6 Å². The molecule has 0 spiro atoms. The first-order valence-corrected chi connectivity index (χ1v) is 7.02. The second-order valence-corrected chi connectivity index (χ2v) is 5.53. The third-order valence-electron chi connectivity index (χ3n) is 3.35. The van der Waals surface area contributed by atoms with E-state index in [1.807, 2.05) is 24.1 Å². The maximum absolute atomic E-state index is 4.49. The molecule has 1 N–H and O–H groups in total. The van der Waals surface area contributed by atoms with Gasteiger partial charge < -0.3 is 9.88 Å². The van der Waals surface area contributed by atoms with Crippen LogP contribution in [0.5, 0.6) is 0 Å². The van der Waals surface area contributed by atoms with Crippen molar-refractivity contribution in [3.63, 3.8) is 0 Å². The lowest BCUT2D eigenvalue weighted by atomic mass is 10.1. The highest BCUT2D eigenvalue weighted by Gasteiger charge is 2.26. The first-order chi connectivity index (χ1) is 8.84. The van der Waals surface area contributed by atoms with Crippen LogP contribution >= 0.6 is 23.7 Å². The monoisotopic (exact) mass is 299 g/mol. The molecule has 0 saturated carbocycles. The molecule has 3 rings (SSSR count). The van der Waals surface area contributed by atoms with E-state index in [4.69, 9.17) is 0 Å². The highest BCUT2D eigenvalue weighted by atomic mass is 35.5. The number of rotatable bonds is 3. The Kier molecular flexibility index (Phi) is 4.93. The minimum atomic E-state index is 0. The Morgan fingerprint density at radius 2 is 2.42 bits per heavy atom. The van der Waals surface area contributed by atoms with Crippen LogP contribution in [0.1, 0.15) is 16.7 Å². The summed E-state index contributed by atoms with van der Waals surface area (Å²) in [6.07, 6.45) is 5.84. The molecule has 0 amide bonds. The van der Waals surface area contributed by atoms with E-state index in [0.29, 0.717) is 6.04 Å². The van der Waals surface area contributed by atoms with Crippen molar-refractivity contribution in [1.82, 2.24) is 24.8 Å². The van der Waals surface area contributed by atoms with Crippen LogP contribution in [0.2, 0.25) is 0 Å². The molecule has 1 fully saturated rings. The van der Waals surface area contributed by atoms with Gasteiger partial charge in [0.15, 0.2) is 0 Å². The van der Waals surface area contributed by atoms with Crippen LogP contribution in [0.25, 0.3) is 0 Å². The predicted molar refractivity (Wildman–Crippen MR) is 78.6 cm³/mol. The van der Waals surface area contributed by atoms with Crippen LogP contribution in [0.4, 0.5) is 0 Å². The van der Waals surface area contributed by atoms with Gasteiger partial charge in [-0.05, 0) is 0 Å². The molecular weight excluding hydrogens is 282 g/mol. The average molecular weight is 300 g/mol. The number of thiazole rings is 1. The Morgan fingerprint density at radius 1 is 1.53 bits per heavy atom. The molecule has 0 aliphatic carbocycles. The highest BCUT2D eigenvalue weighted by molar-refractivity contribution is 7.09. The SMILES string of the molecule is Cl.Cn1ccnc1C1CNCCN1Cc1cncs1. The van der Waals surface area contributed by atoms with E-state index in [1.165, 1.54) is 4.88 Å². The van der Waals surface area contributed by atoms with Crippen LogP contribution in [0.15, 0.2) is 24.1 Å². The van der Waals surface area contributed by atoms with Gasteiger partial charge in [0.1, 0.15) is 5.82 Å². The van der Waals surface area contributed by atoms with Gasteiger partial charge in [-0.1, -0.05) is 0 Å². The third-order valence-corrected chi connectivity index (χ3v) is 4.12. The largest absolute Gasteiger partial charge is 0.337 e. The first-order valence-electron chi connectivity index (χ1n) is 6.14. The van der Waals surface area contributed by atoms with Crippen molar-refractivity contribution < 1.29 is 0 Å². The van der Waals surface area contributed by atoms with Crippen molar-refractivity contribution in [1.29, 1.82) is 0 Å². The second kappa shape index (κ2) is 6.47. The molecule has 2 aromatic heterocycles. The summed E-state index contributed by atoms with van der Waals surface area (Å²) in [5, 5.41) is 3.45. The lowest BCUT2D eigenvalue weighted by Gasteiger charge is -2.35. The number of piperazine rings is 1. The minimum absolute atomic E-state index is 0. The van der Waals surface area contributed by atoms with Crippen molar-refractivity contribution in [3.8, 4) is 0 Å². The zero-order chi connectivity index (χ0) is 12.4. The lowest BCUT2D eigenvalue weighted by Crippen LogP contribution is -2.46. The number of hydrogen-bond donors (Lipinski definition) is 1. The van der Waals surface area contributed by atoms with Gasteiger partial charge in [-0.25, -0.2) is 4.98 Å². The molecule has 1 aliphatic rings. The van der Waals surface area contributed by atoms with Gasteiger partial charge in [-0.15, -0.1) is 23.7 Å². The van der Waals surface area contributed by atoms with Gasteiger partial charge in [0.25, 0.3) is 0 Å². The fourth-order valence-electron chi connectivity index (χ4n) is 2.41. The molecule has 0 bridgehead atoms. The molecule has 19 heavy (non-hydrogen) atoms. The van der Waals surface area contributed by atoms with Crippen molar-refractivity contribution in [3.05, 3.63) is 34.8 Å². The van der Waals surface area contributed by atoms with Crippen LogP contribution in [-0.4, -0.2) is 39.1 Å². The van der Waals surface area contributed by atoms with Crippen LogP contribution in [0, 0.1) is 0 Å². The Bertz CT molecular complexity index is 498. The maximum atomic E-state index is 4.49. The van der Waals surface area contributed by atoms with E-state index < -0.39 is 0 Å². The van der Waals surface area contributed by atoms with E-state index in [2.05, 4.69) is 31.8 Å². The Hall–Kier alpha value is -0.950. The molecule has 5 nitrogen and oxygen atoms in total. The summed E-state index contributed by atoms with van der Waals surface area (Å²) in [4.78, 5) is 12.4. The van der Waals surface area contributed by atoms with Crippen LogP contribution < -0.4 is 5.32 Å². The number of aromatic nitrogens is 3. The summed E-state index contributed by atoms with van der Waals surface area (Å²) in [7, 11) is 2.06. The summed E-state index contributed by atoms with van der Waals surface area (Å²) in [5.74, 6) is 1.13. The normalized spacial score (nSPS) is 20.2. The van der Waals surface area contributed by atoms with Crippen molar-refractivity contribution >= 4 is 23.7 Å². The predicted octanol–water partition coefficient (Wildman–Crippen LogP) is 1.44. The fraction of sp³-hybridized carbons (Fsp3) is 0.500. The van der Waals surface area contributed by atoms with Gasteiger partial charge >= 0.3 is 0 Å². The number of nitrogens with one attached hydrogen (secondary N) is 1. The molecule has 104 valence electrons. The topological polar surface area (TPSA) is 46.0 Å². The highest BCUT2D eigenvalue weighted by Crippen LogP contribution is 2.23. The van der Waals surface area contributed by atoms with E-state index in [1.54, 1.807) is 11.3 Å². The molecule has 1 saturated heterocycles. The molecule has 0 radical (unpaired) electrons. The molecule has 1 aliphatic heterocycles. The van der Waals surface area contributed by atoms with Gasteiger partial charge in [-0.2, -0.15) is 0 Å². The summed E-state index contributed by atoms with van der Waals surface area (Å²) in [6, 6.07) is 0.348. The first kappa shape index (κ1) is 14.5. The van der Waals surface area contributed by atoms with Crippen molar-refractivity contribution in [2.45, 2.75) is 12.6 Å². The molecule has 1 unspecified atom stereocenters. The summed E-state index contributed by atoms with van der Waals surface area (Å²) in [5.41, 5.74) is 1.90. The van der Waals surface area contributed by atoms with Crippen molar-refractivity contribution in [2.24, 2.45) is 7.05 Å². The van der Waals surface area contributed by atoms with E-state index >= 15 is 0 Å². The van der Waals surface area contributed by atoms with Gasteiger partial charge in [0.2, 0.25) is 0 Å². The number of nitrogens with zero attached hydrogens (tertiary/aromatic N) is 4. The van der Waals surface area contributed by atoms with E-state index in [0.717, 1.165) is 32.0 Å². The number of hydrogen-bond acceptors (Lipinski definition) is 5. The molecule has 2 aromatic rings. The van der Waals surface area contributed by atoms with Gasteiger partial charge in [-0.3, -0.25) is 9.88 Å². The van der Waals surface area contributed by atoms with Gasteiger partial charge in [0.05, 0.1) is 11.6 Å². The average Bonchev–Trinajstić information content (AvgIpc) is 3.02. The van der Waals surface area contributed by atoms with E-state index in [9.17, 15) is 0 Å². The Balaban J connectivity index is 0.00000133. The van der Waals surface area contributed by atoms with Crippen LogP contribution in [0.3, 0.4) is 0 Å². The maximum Gasteiger partial charge on any atom is 0.127 e. The molecule has 0 aromatic carbocycles. The molecular formula is C12H18ClN5S. The third kappa shape index (κ3) is 3.14. The quantitative estimate of drug-likeness (QED) is 0.932. The summed E-state index contributed by atoms with van der Waals surface area (Å²) in [6.45, 7) is 4.02. The lowest BCUT2D eigenvalue weighted by molar-refractivity contribution is 0.146. The zero-order valence-corrected chi connectivity index (χ0v) is 12.5. The summed E-state index contributed by atoms with van der Waals surface area (Å²) >= 11 is 1.72. The second-order valence-electron chi connectivity index (χ2n) is 4.55. The summed E-state index contributed by atoms with van der Waals surface area (Å²) < 4.78 is 2.11. The zero-order valence-electron chi connectivity index (χ0n) is 10.8. The van der Waals surface area contributed by atoms with Crippen molar-refractivity contribution in [2.75, 3.05) is 19.6 Å². The number of imidazole rings is 1. The van der Waals surface area contributed by atoms with E-state index in [-0.39, 0.29) is 12.4 Å². The molecule has 1 atom stereocenters. The van der Waals surface area contributed by atoms with Gasteiger partial charge in [0, 0.05) is 56.7 Å². The molecule has 7 heteroatoms. The number of halogens is 1.